The SMILES string of the molecule is C[C@@H](C(=O)Nc1ccc(C#N)cc1)N(C)Cc1ccc(Br)cc1. The molecule has 5 heteroatoms. The second-order valence-electron chi connectivity index (χ2n) is 5.40. The Hall–Kier alpha value is -2.16. The Morgan fingerprint density at radius 3 is 2.39 bits per heavy atom. The van der Waals surface area contributed by atoms with Gasteiger partial charge in [0, 0.05) is 16.7 Å². The van der Waals surface area contributed by atoms with E-state index in [9.17, 15) is 4.79 Å². The van der Waals surface area contributed by atoms with E-state index in [0.29, 0.717) is 17.8 Å². The zero-order valence-corrected chi connectivity index (χ0v) is 14.7. The number of amides is 1. The fraction of sp³-hybridized carbons (Fsp3) is 0.222. The lowest BCUT2D eigenvalue weighted by Gasteiger charge is -2.24. The summed E-state index contributed by atoms with van der Waals surface area (Å²) in [4.78, 5) is 14.3. The quantitative estimate of drug-likeness (QED) is 0.869. The molecule has 4 nitrogen and oxygen atoms in total. The summed E-state index contributed by atoms with van der Waals surface area (Å²) in [5, 5.41) is 11.7. The van der Waals surface area contributed by atoms with Crippen molar-refractivity contribution < 1.29 is 4.79 Å². The molecule has 2 aromatic carbocycles. The molecule has 0 heterocycles. The lowest BCUT2D eigenvalue weighted by Crippen LogP contribution is -2.39. The molecule has 0 saturated carbocycles. The Kier molecular flexibility index (Phi) is 5.91. The number of carbonyl (C=O) groups is 1. The Morgan fingerprint density at radius 2 is 1.83 bits per heavy atom. The van der Waals surface area contributed by atoms with Gasteiger partial charge in [0.1, 0.15) is 0 Å². The van der Waals surface area contributed by atoms with Gasteiger partial charge in [-0.3, -0.25) is 9.69 Å². The molecule has 0 saturated heterocycles. The average molecular weight is 372 g/mol. The molecule has 0 aromatic heterocycles. The number of nitriles is 1. The molecule has 23 heavy (non-hydrogen) atoms. The van der Waals surface area contributed by atoms with Crippen molar-refractivity contribution in [1.29, 1.82) is 5.26 Å². The van der Waals surface area contributed by atoms with E-state index in [-0.39, 0.29) is 11.9 Å². The van der Waals surface area contributed by atoms with Gasteiger partial charge in [0.15, 0.2) is 0 Å². The van der Waals surface area contributed by atoms with E-state index in [4.69, 9.17) is 5.26 Å². The zero-order chi connectivity index (χ0) is 16.8. The van der Waals surface area contributed by atoms with Crippen LogP contribution < -0.4 is 5.32 Å². The van der Waals surface area contributed by atoms with Gasteiger partial charge in [0.25, 0.3) is 0 Å². The summed E-state index contributed by atoms with van der Waals surface area (Å²) >= 11 is 3.41. The molecule has 0 bridgehead atoms. The molecule has 0 radical (unpaired) electrons. The molecule has 0 spiro atoms. The van der Waals surface area contributed by atoms with Gasteiger partial charge in [-0.15, -0.1) is 0 Å². The molecule has 0 aliphatic heterocycles. The summed E-state index contributed by atoms with van der Waals surface area (Å²) in [7, 11) is 1.92. The van der Waals surface area contributed by atoms with E-state index in [2.05, 4.69) is 27.3 Å². The van der Waals surface area contributed by atoms with Crippen molar-refractivity contribution in [2.24, 2.45) is 0 Å². The Labute approximate surface area is 144 Å². The van der Waals surface area contributed by atoms with Gasteiger partial charge in [0.05, 0.1) is 17.7 Å². The highest BCUT2D eigenvalue weighted by Crippen LogP contribution is 2.14. The van der Waals surface area contributed by atoms with Crippen LogP contribution >= 0.6 is 15.9 Å². The summed E-state index contributed by atoms with van der Waals surface area (Å²) < 4.78 is 1.04. The van der Waals surface area contributed by atoms with Crippen molar-refractivity contribution in [3.05, 3.63) is 64.1 Å². The number of carbonyl (C=O) groups excluding carboxylic acids is 1. The summed E-state index contributed by atoms with van der Waals surface area (Å²) in [6, 6.07) is 16.7. The fourth-order valence-corrected chi connectivity index (χ4v) is 2.35. The molecular weight excluding hydrogens is 354 g/mol. The van der Waals surface area contributed by atoms with E-state index in [1.807, 2.05) is 43.1 Å². The number of hydrogen-bond acceptors (Lipinski definition) is 3. The maximum Gasteiger partial charge on any atom is 0.241 e. The monoisotopic (exact) mass is 371 g/mol. The van der Waals surface area contributed by atoms with Crippen LogP contribution in [0.15, 0.2) is 53.0 Å². The fourth-order valence-electron chi connectivity index (χ4n) is 2.09. The number of hydrogen-bond donors (Lipinski definition) is 1. The van der Waals surface area contributed by atoms with Crippen LogP contribution in [0.25, 0.3) is 0 Å². The third-order valence-electron chi connectivity index (χ3n) is 3.67. The number of likely N-dealkylation sites (N-methyl/N-ethyl adjacent to an activating group) is 1. The first-order valence-electron chi connectivity index (χ1n) is 7.25. The second-order valence-corrected chi connectivity index (χ2v) is 6.31. The normalized spacial score (nSPS) is 11.8. The molecule has 1 N–H and O–H groups in total. The summed E-state index contributed by atoms with van der Waals surface area (Å²) in [5.74, 6) is -0.0747. The van der Waals surface area contributed by atoms with Crippen LogP contribution in [0.2, 0.25) is 0 Å². The van der Waals surface area contributed by atoms with Crippen LogP contribution in [0.3, 0.4) is 0 Å². The predicted molar refractivity (Wildman–Crippen MR) is 94.9 cm³/mol. The zero-order valence-electron chi connectivity index (χ0n) is 13.1. The number of nitrogens with zero attached hydrogens (tertiary/aromatic N) is 2. The summed E-state index contributed by atoms with van der Waals surface area (Å²) in [6.07, 6.45) is 0. The van der Waals surface area contributed by atoms with Gasteiger partial charge in [0.2, 0.25) is 5.91 Å². The number of anilines is 1. The third-order valence-corrected chi connectivity index (χ3v) is 4.20. The average Bonchev–Trinajstić information content (AvgIpc) is 2.56. The van der Waals surface area contributed by atoms with Gasteiger partial charge in [-0.2, -0.15) is 5.26 Å². The number of nitrogens with one attached hydrogen (secondary N) is 1. The van der Waals surface area contributed by atoms with Crippen LogP contribution in [-0.2, 0) is 11.3 Å². The van der Waals surface area contributed by atoms with Crippen LogP contribution in [0.5, 0.6) is 0 Å². The Bertz CT molecular complexity index is 705. The minimum absolute atomic E-state index is 0.0747. The standard InChI is InChI=1S/C18H18BrN3O/c1-13(22(2)12-15-3-7-16(19)8-4-15)18(23)21-17-9-5-14(11-20)6-10-17/h3-10,13H,12H2,1-2H3,(H,21,23)/t13-/m0/s1. The van der Waals surface area contributed by atoms with Crippen molar-refractivity contribution in [2.45, 2.75) is 19.5 Å². The van der Waals surface area contributed by atoms with Crippen LogP contribution in [0.4, 0.5) is 5.69 Å². The smallest absolute Gasteiger partial charge is 0.241 e. The summed E-state index contributed by atoms with van der Waals surface area (Å²) in [6.45, 7) is 2.56. The molecule has 0 aliphatic carbocycles. The molecule has 2 aromatic rings. The van der Waals surface area contributed by atoms with E-state index in [0.717, 1.165) is 10.0 Å². The van der Waals surface area contributed by atoms with E-state index >= 15 is 0 Å². The van der Waals surface area contributed by atoms with Crippen LogP contribution in [-0.4, -0.2) is 23.9 Å². The topological polar surface area (TPSA) is 56.1 Å². The lowest BCUT2D eigenvalue weighted by atomic mass is 10.2. The summed E-state index contributed by atoms with van der Waals surface area (Å²) in [5.41, 5.74) is 2.41. The number of rotatable bonds is 5. The Balaban J connectivity index is 1.95. The third kappa shape index (κ3) is 4.92. The van der Waals surface area contributed by atoms with Crippen molar-refractivity contribution in [3.63, 3.8) is 0 Å². The first kappa shape index (κ1) is 17.2. The molecule has 0 aliphatic rings. The van der Waals surface area contributed by atoms with Crippen LogP contribution in [0, 0.1) is 11.3 Å². The molecule has 118 valence electrons. The molecule has 1 amide bonds. The van der Waals surface area contributed by atoms with Crippen molar-refractivity contribution in [1.82, 2.24) is 4.90 Å². The van der Waals surface area contributed by atoms with Gasteiger partial charge < -0.3 is 5.32 Å². The van der Waals surface area contributed by atoms with E-state index in [1.54, 1.807) is 24.3 Å². The molecule has 0 unspecified atom stereocenters. The first-order valence-corrected chi connectivity index (χ1v) is 8.04. The molecule has 2 rings (SSSR count). The number of benzene rings is 2. The molecule has 0 fully saturated rings. The minimum atomic E-state index is -0.269. The maximum absolute atomic E-state index is 12.3. The lowest BCUT2D eigenvalue weighted by molar-refractivity contribution is -0.120. The van der Waals surface area contributed by atoms with Crippen molar-refractivity contribution in [2.75, 3.05) is 12.4 Å². The second kappa shape index (κ2) is 7.91. The Morgan fingerprint density at radius 1 is 1.22 bits per heavy atom. The maximum atomic E-state index is 12.3. The van der Waals surface area contributed by atoms with Gasteiger partial charge in [-0.25, -0.2) is 0 Å². The minimum Gasteiger partial charge on any atom is -0.325 e. The highest BCUT2D eigenvalue weighted by atomic mass is 79.9. The molecular formula is C18H18BrN3O. The highest BCUT2D eigenvalue weighted by molar-refractivity contribution is 9.10. The van der Waals surface area contributed by atoms with E-state index < -0.39 is 0 Å². The highest BCUT2D eigenvalue weighted by Gasteiger charge is 2.18. The van der Waals surface area contributed by atoms with Crippen molar-refractivity contribution in [3.8, 4) is 6.07 Å². The van der Waals surface area contributed by atoms with Gasteiger partial charge >= 0.3 is 0 Å². The first-order chi connectivity index (χ1) is 11.0. The van der Waals surface area contributed by atoms with Gasteiger partial charge in [-0.1, -0.05) is 28.1 Å². The van der Waals surface area contributed by atoms with E-state index in [1.165, 1.54) is 0 Å². The number of halogens is 1. The van der Waals surface area contributed by atoms with Crippen molar-refractivity contribution >= 4 is 27.5 Å². The largest absolute Gasteiger partial charge is 0.325 e. The van der Waals surface area contributed by atoms with Gasteiger partial charge in [-0.05, 0) is 55.9 Å². The predicted octanol–water partition coefficient (Wildman–Crippen LogP) is 3.78. The molecule has 1 atom stereocenters. The van der Waals surface area contributed by atoms with Crippen LogP contribution in [0.1, 0.15) is 18.1 Å².